The predicted molar refractivity (Wildman–Crippen MR) is 110 cm³/mol. The first-order chi connectivity index (χ1) is 13.4. The Labute approximate surface area is 165 Å². The maximum Gasteiger partial charge on any atom is 0.270 e. The number of nitrogens with zero attached hydrogens (tertiary/aromatic N) is 3. The second-order valence-corrected chi connectivity index (χ2v) is 7.05. The minimum absolute atomic E-state index is 0.0944. The van der Waals surface area contributed by atoms with E-state index in [0.717, 1.165) is 28.1 Å². The Morgan fingerprint density at radius 3 is 2.54 bits per heavy atom. The lowest BCUT2D eigenvalue weighted by Crippen LogP contribution is -2.40. The van der Waals surface area contributed by atoms with Gasteiger partial charge < -0.3 is 9.64 Å². The molecule has 0 spiro atoms. The van der Waals surface area contributed by atoms with Crippen molar-refractivity contribution in [3.63, 3.8) is 0 Å². The number of aryl methyl sites for hydroxylation is 2. The van der Waals surface area contributed by atoms with Gasteiger partial charge in [0.05, 0.1) is 12.8 Å². The monoisotopic (exact) mass is 379 g/mol. The van der Waals surface area contributed by atoms with E-state index >= 15 is 0 Å². The van der Waals surface area contributed by atoms with E-state index in [4.69, 9.17) is 4.74 Å². The van der Waals surface area contributed by atoms with Crippen LogP contribution < -0.4 is 9.75 Å². The molecule has 6 nitrogen and oxygen atoms in total. The molecule has 1 heterocycles. The molecule has 0 fully saturated rings. The van der Waals surface area contributed by atoms with Gasteiger partial charge in [0.15, 0.2) is 0 Å². The smallest absolute Gasteiger partial charge is 0.270 e. The van der Waals surface area contributed by atoms with Crippen LogP contribution in [0.15, 0.2) is 47.6 Å². The molecule has 1 aliphatic heterocycles. The zero-order valence-electron chi connectivity index (χ0n) is 16.7. The van der Waals surface area contributed by atoms with Gasteiger partial charge in [-0.25, -0.2) is 5.01 Å². The Balaban J connectivity index is 1.79. The van der Waals surface area contributed by atoms with E-state index in [9.17, 15) is 9.59 Å². The number of carbonyl (C=O) groups is 2. The summed E-state index contributed by atoms with van der Waals surface area (Å²) in [6, 6.07) is 13.5. The minimum atomic E-state index is -0.168. The van der Waals surface area contributed by atoms with E-state index in [2.05, 4.69) is 5.10 Å². The summed E-state index contributed by atoms with van der Waals surface area (Å²) < 4.78 is 5.16. The van der Waals surface area contributed by atoms with Crippen molar-refractivity contribution in [1.29, 1.82) is 0 Å². The Morgan fingerprint density at radius 1 is 1.14 bits per heavy atom. The van der Waals surface area contributed by atoms with Gasteiger partial charge in [-0.3, -0.25) is 9.59 Å². The van der Waals surface area contributed by atoms with Gasteiger partial charge in [-0.2, -0.15) is 5.10 Å². The van der Waals surface area contributed by atoms with Gasteiger partial charge >= 0.3 is 0 Å². The van der Waals surface area contributed by atoms with Gasteiger partial charge in [0.2, 0.25) is 5.91 Å². The number of ether oxygens (including phenoxy) is 1. The molecular weight excluding hydrogens is 354 g/mol. The summed E-state index contributed by atoms with van der Waals surface area (Å²) in [4.78, 5) is 26.9. The number of hydrazone groups is 1. The molecular formula is C22H25N3O3. The fourth-order valence-electron chi connectivity index (χ4n) is 3.14. The number of methoxy groups -OCH3 is 1. The molecule has 0 aromatic heterocycles. The van der Waals surface area contributed by atoms with Gasteiger partial charge in [-0.1, -0.05) is 24.3 Å². The first-order valence-electron chi connectivity index (χ1n) is 9.25. The fourth-order valence-corrected chi connectivity index (χ4v) is 3.14. The van der Waals surface area contributed by atoms with Crippen LogP contribution in [0.5, 0.6) is 5.75 Å². The van der Waals surface area contributed by atoms with Crippen molar-refractivity contribution >= 4 is 23.2 Å². The average Bonchev–Trinajstić information content (AvgIpc) is 2.70. The van der Waals surface area contributed by atoms with Gasteiger partial charge in [0.25, 0.3) is 5.91 Å². The minimum Gasteiger partial charge on any atom is -0.497 e. The Kier molecular flexibility index (Phi) is 5.78. The summed E-state index contributed by atoms with van der Waals surface area (Å²) in [6.07, 6.45) is 0.625. The van der Waals surface area contributed by atoms with Crippen LogP contribution in [0, 0.1) is 13.8 Å². The number of hydrogen-bond acceptors (Lipinski definition) is 4. The predicted octanol–water partition coefficient (Wildman–Crippen LogP) is 3.45. The summed E-state index contributed by atoms with van der Waals surface area (Å²) in [5, 5.41) is 5.79. The van der Waals surface area contributed by atoms with Crippen LogP contribution in [0.4, 0.5) is 5.69 Å². The summed E-state index contributed by atoms with van der Waals surface area (Å²) in [5.74, 6) is 0.513. The molecule has 2 aromatic rings. The summed E-state index contributed by atoms with van der Waals surface area (Å²) >= 11 is 0. The van der Waals surface area contributed by atoms with Gasteiger partial charge in [0, 0.05) is 26.4 Å². The van der Waals surface area contributed by atoms with Crippen LogP contribution in [-0.4, -0.2) is 36.6 Å². The Morgan fingerprint density at radius 2 is 1.86 bits per heavy atom. The van der Waals surface area contributed by atoms with Crippen molar-refractivity contribution in [1.82, 2.24) is 4.90 Å². The standard InChI is InChI=1S/C22H25N3O3/c1-15-5-6-16(2)20(13-15)25-21(26)12-11-19(23-25)22(27)24(3)14-17-7-9-18(28-4)10-8-17/h5-10,13H,11-12,14H2,1-4H3. The normalized spacial score (nSPS) is 13.9. The molecule has 1 aliphatic rings. The van der Waals surface area contributed by atoms with Crippen molar-refractivity contribution in [3.05, 3.63) is 59.2 Å². The van der Waals surface area contributed by atoms with E-state index in [1.807, 2.05) is 56.3 Å². The summed E-state index contributed by atoms with van der Waals surface area (Å²) in [7, 11) is 3.36. The zero-order valence-corrected chi connectivity index (χ0v) is 16.7. The highest BCUT2D eigenvalue weighted by molar-refractivity contribution is 6.40. The number of anilines is 1. The molecule has 0 unspecified atom stereocenters. The number of carbonyl (C=O) groups excluding carboxylic acids is 2. The van der Waals surface area contributed by atoms with Crippen molar-refractivity contribution in [3.8, 4) is 5.75 Å². The highest BCUT2D eigenvalue weighted by atomic mass is 16.5. The van der Waals surface area contributed by atoms with Crippen molar-refractivity contribution in [2.24, 2.45) is 5.10 Å². The third-order valence-corrected chi connectivity index (χ3v) is 4.80. The van der Waals surface area contributed by atoms with Crippen molar-refractivity contribution in [2.45, 2.75) is 33.2 Å². The second kappa shape index (κ2) is 8.25. The van der Waals surface area contributed by atoms with Crippen molar-refractivity contribution in [2.75, 3.05) is 19.2 Å². The molecule has 3 rings (SSSR count). The van der Waals surface area contributed by atoms with Crippen LogP contribution in [0.25, 0.3) is 0 Å². The quantitative estimate of drug-likeness (QED) is 0.799. The van der Waals surface area contributed by atoms with Crippen LogP contribution in [0.1, 0.15) is 29.5 Å². The Hall–Kier alpha value is -3.15. The molecule has 0 radical (unpaired) electrons. The lowest BCUT2D eigenvalue weighted by Gasteiger charge is -2.26. The zero-order chi connectivity index (χ0) is 20.3. The number of benzene rings is 2. The fraction of sp³-hybridized carbons (Fsp3) is 0.318. The van der Waals surface area contributed by atoms with E-state index < -0.39 is 0 Å². The number of rotatable bonds is 5. The first kappa shape index (κ1) is 19.6. The molecule has 0 N–H and O–H groups in total. The summed E-state index contributed by atoms with van der Waals surface area (Å²) in [6.45, 7) is 4.36. The maximum absolute atomic E-state index is 12.9. The average molecular weight is 379 g/mol. The molecule has 146 valence electrons. The second-order valence-electron chi connectivity index (χ2n) is 7.05. The highest BCUT2D eigenvalue weighted by Gasteiger charge is 2.28. The molecule has 0 aliphatic carbocycles. The molecule has 6 heteroatoms. The molecule has 0 bridgehead atoms. The Bertz CT molecular complexity index is 919. The van der Waals surface area contributed by atoms with E-state index in [1.54, 1.807) is 19.1 Å². The number of hydrogen-bond donors (Lipinski definition) is 0. The topological polar surface area (TPSA) is 62.2 Å². The van der Waals surface area contributed by atoms with Gasteiger partial charge in [-0.15, -0.1) is 0 Å². The molecule has 0 saturated carbocycles. The highest BCUT2D eigenvalue weighted by Crippen LogP contribution is 2.26. The SMILES string of the molecule is COc1ccc(CN(C)C(=O)C2=NN(c3cc(C)ccc3C)C(=O)CC2)cc1. The molecule has 0 atom stereocenters. The van der Waals surface area contributed by atoms with Gasteiger partial charge in [0.1, 0.15) is 11.5 Å². The van der Waals surface area contributed by atoms with E-state index in [-0.39, 0.29) is 18.2 Å². The number of amides is 2. The first-order valence-corrected chi connectivity index (χ1v) is 9.25. The molecule has 28 heavy (non-hydrogen) atoms. The summed E-state index contributed by atoms with van der Waals surface area (Å²) in [5.41, 5.74) is 4.11. The van der Waals surface area contributed by atoms with Crippen LogP contribution in [-0.2, 0) is 16.1 Å². The van der Waals surface area contributed by atoms with Gasteiger partial charge in [-0.05, 0) is 48.7 Å². The lowest BCUT2D eigenvalue weighted by molar-refractivity contribution is -0.123. The third-order valence-electron chi connectivity index (χ3n) is 4.80. The van der Waals surface area contributed by atoms with E-state index in [0.29, 0.717) is 18.7 Å². The largest absolute Gasteiger partial charge is 0.497 e. The third kappa shape index (κ3) is 4.22. The van der Waals surface area contributed by atoms with Crippen LogP contribution in [0.3, 0.4) is 0 Å². The van der Waals surface area contributed by atoms with Crippen LogP contribution >= 0.6 is 0 Å². The lowest BCUT2D eigenvalue weighted by atomic mass is 10.1. The maximum atomic E-state index is 12.9. The molecule has 0 saturated heterocycles. The molecule has 2 amide bonds. The van der Waals surface area contributed by atoms with Crippen molar-refractivity contribution < 1.29 is 14.3 Å². The molecule has 2 aromatic carbocycles. The van der Waals surface area contributed by atoms with E-state index in [1.165, 1.54) is 5.01 Å². The van der Waals surface area contributed by atoms with Crippen LogP contribution in [0.2, 0.25) is 0 Å².